The van der Waals surface area contributed by atoms with Crippen LogP contribution in [-0.2, 0) is 14.3 Å². The number of likely N-dealkylation sites (tertiary alicyclic amines) is 1. The Bertz CT molecular complexity index is 415. The first-order chi connectivity index (χ1) is 8.79. The van der Waals surface area contributed by atoms with Gasteiger partial charge >= 0.3 is 6.18 Å². The topological polar surface area (TPSA) is 46.6 Å². The molecule has 0 aliphatic carbocycles. The summed E-state index contributed by atoms with van der Waals surface area (Å²) < 4.78 is 41.6. The third-order valence-corrected chi connectivity index (χ3v) is 2.58. The molecule has 1 fully saturated rings. The van der Waals surface area contributed by atoms with E-state index >= 15 is 0 Å². The lowest BCUT2D eigenvalue weighted by molar-refractivity contribution is -0.165. The number of hydrogen-bond acceptors (Lipinski definition) is 3. The van der Waals surface area contributed by atoms with Crippen LogP contribution in [0.5, 0.6) is 0 Å². The second-order valence-corrected chi connectivity index (χ2v) is 3.98. The van der Waals surface area contributed by atoms with Crippen LogP contribution in [0.4, 0.5) is 13.2 Å². The second-order valence-electron chi connectivity index (χ2n) is 3.98. The highest BCUT2D eigenvalue weighted by molar-refractivity contribution is 5.95. The van der Waals surface area contributed by atoms with Gasteiger partial charge in [-0.3, -0.25) is 14.5 Å². The van der Waals surface area contributed by atoms with E-state index in [1.54, 1.807) is 13.0 Å². The molecule has 0 bridgehead atoms. The number of carbonyl (C=O) groups is 2. The van der Waals surface area contributed by atoms with Crippen molar-refractivity contribution in [1.82, 2.24) is 4.90 Å². The number of allylic oxidation sites excluding steroid dienone is 1. The highest BCUT2D eigenvalue weighted by Crippen LogP contribution is 2.25. The third-order valence-electron chi connectivity index (χ3n) is 2.58. The Kier molecular flexibility index (Phi) is 4.74. The molecule has 0 aromatic heterocycles. The van der Waals surface area contributed by atoms with Crippen molar-refractivity contribution in [2.75, 3.05) is 13.2 Å². The number of nitrogens with zero attached hydrogens (tertiary/aromatic N) is 1. The lowest BCUT2D eigenvalue weighted by atomic mass is 10.1. The summed E-state index contributed by atoms with van der Waals surface area (Å²) in [6, 6.07) is 0. The van der Waals surface area contributed by atoms with Gasteiger partial charge in [0.1, 0.15) is 0 Å². The first-order valence-electron chi connectivity index (χ1n) is 5.68. The number of rotatable bonds is 5. The zero-order valence-corrected chi connectivity index (χ0v) is 10.4. The first kappa shape index (κ1) is 15.3. The van der Waals surface area contributed by atoms with E-state index in [0.29, 0.717) is 6.08 Å². The molecule has 4 nitrogen and oxygen atoms in total. The van der Waals surface area contributed by atoms with Crippen molar-refractivity contribution >= 4 is 11.7 Å². The van der Waals surface area contributed by atoms with Crippen LogP contribution in [0, 0.1) is 5.92 Å². The highest BCUT2D eigenvalue weighted by atomic mass is 19.4. The largest absolute Gasteiger partial charge is 0.479 e. The van der Waals surface area contributed by atoms with Crippen molar-refractivity contribution in [2.45, 2.75) is 19.5 Å². The number of halogens is 3. The Balaban J connectivity index is 2.95. The van der Waals surface area contributed by atoms with E-state index in [1.165, 1.54) is 0 Å². The molecule has 1 saturated heterocycles. The van der Waals surface area contributed by atoms with Gasteiger partial charge in [0.25, 0.3) is 5.78 Å². The zero-order valence-electron chi connectivity index (χ0n) is 10.4. The standard InChI is InChI=1S/C12H14F3NO3/c1-3-8-5-10(18)16(7-8)11(19-4-2)6-9(17)12(13,14)15/h3,6,8H,1,4-5,7H2,2H3. The Morgan fingerprint density at radius 2 is 2.21 bits per heavy atom. The molecule has 1 aliphatic heterocycles. The van der Waals surface area contributed by atoms with E-state index in [4.69, 9.17) is 4.74 Å². The van der Waals surface area contributed by atoms with Gasteiger partial charge in [0, 0.05) is 18.9 Å². The number of ketones is 1. The highest BCUT2D eigenvalue weighted by Gasteiger charge is 2.39. The van der Waals surface area contributed by atoms with E-state index in [-0.39, 0.29) is 37.3 Å². The summed E-state index contributed by atoms with van der Waals surface area (Å²) in [5, 5.41) is 0. The number of ether oxygens (including phenoxy) is 1. The summed E-state index contributed by atoms with van der Waals surface area (Å²) >= 11 is 0. The molecule has 19 heavy (non-hydrogen) atoms. The van der Waals surface area contributed by atoms with E-state index < -0.39 is 12.0 Å². The van der Waals surface area contributed by atoms with Crippen LogP contribution in [0.1, 0.15) is 13.3 Å². The third kappa shape index (κ3) is 3.84. The fourth-order valence-corrected chi connectivity index (χ4v) is 1.65. The molecule has 106 valence electrons. The van der Waals surface area contributed by atoms with Crippen LogP contribution in [0.3, 0.4) is 0 Å². The van der Waals surface area contributed by atoms with E-state index in [2.05, 4.69) is 6.58 Å². The monoisotopic (exact) mass is 277 g/mol. The molecule has 0 aromatic rings. The summed E-state index contributed by atoms with van der Waals surface area (Å²) in [7, 11) is 0. The lowest BCUT2D eigenvalue weighted by Gasteiger charge is -2.19. The average molecular weight is 277 g/mol. The molecule has 1 amide bonds. The molecule has 0 saturated carbocycles. The van der Waals surface area contributed by atoms with Crippen LogP contribution in [0.2, 0.25) is 0 Å². The minimum atomic E-state index is -4.98. The maximum Gasteiger partial charge on any atom is 0.454 e. The number of alkyl halides is 3. The van der Waals surface area contributed by atoms with Crippen molar-refractivity contribution in [3.63, 3.8) is 0 Å². The maximum atomic E-state index is 12.2. The van der Waals surface area contributed by atoms with Gasteiger partial charge in [0.15, 0.2) is 5.88 Å². The van der Waals surface area contributed by atoms with Crippen LogP contribution in [0.25, 0.3) is 0 Å². The van der Waals surface area contributed by atoms with Gasteiger partial charge in [-0.2, -0.15) is 13.2 Å². The minimum absolute atomic E-state index is 0.0551. The molecule has 0 spiro atoms. The van der Waals surface area contributed by atoms with Gasteiger partial charge < -0.3 is 4.74 Å². The average Bonchev–Trinajstić information content (AvgIpc) is 2.68. The molecule has 1 aliphatic rings. The zero-order chi connectivity index (χ0) is 14.6. The fourth-order valence-electron chi connectivity index (χ4n) is 1.65. The Morgan fingerprint density at radius 3 is 2.63 bits per heavy atom. The number of carbonyl (C=O) groups excluding carboxylic acids is 2. The predicted octanol–water partition coefficient (Wildman–Crippen LogP) is 2.03. The summed E-state index contributed by atoms with van der Waals surface area (Å²) in [5.41, 5.74) is 0. The first-order valence-corrected chi connectivity index (χ1v) is 5.68. The molecule has 1 heterocycles. The molecule has 0 N–H and O–H groups in total. The van der Waals surface area contributed by atoms with Crippen molar-refractivity contribution in [3.8, 4) is 0 Å². The van der Waals surface area contributed by atoms with Gasteiger partial charge in [-0.15, -0.1) is 6.58 Å². The molecule has 1 atom stereocenters. The Hall–Kier alpha value is -1.79. The smallest absolute Gasteiger partial charge is 0.454 e. The normalized spacial score (nSPS) is 20.6. The maximum absolute atomic E-state index is 12.2. The molecular formula is C12H14F3NO3. The van der Waals surface area contributed by atoms with Crippen LogP contribution < -0.4 is 0 Å². The van der Waals surface area contributed by atoms with Crippen LogP contribution in [0.15, 0.2) is 24.6 Å². The lowest BCUT2D eigenvalue weighted by Crippen LogP contribution is -2.29. The SMILES string of the molecule is C=CC1CC(=O)N(C(=CC(=O)C(F)(F)F)OCC)C1. The molecule has 0 radical (unpaired) electrons. The van der Waals surface area contributed by atoms with E-state index in [0.717, 1.165) is 4.90 Å². The van der Waals surface area contributed by atoms with Gasteiger partial charge in [0.2, 0.25) is 5.91 Å². The van der Waals surface area contributed by atoms with Gasteiger partial charge in [0.05, 0.1) is 12.7 Å². The van der Waals surface area contributed by atoms with Gasteiger partial charge in [-0.1, -0.05) is 6.08 Å². The van der Waals surface area contributed by atoms with Crippen molar-refractivity contribution in [2.24, 2.45) is 5.92 Å². The summed E-state index contributed by atoms with van der Waals surface area (Å²) in [6.07, 6.45) is -2.98. The second kappa shape index (κ2) is 5.90. The molecule has 1 unspecified atom stereocenters. The van der Waals surface area contributed by atoms with Crippen molar-refractivity contribution in [1.29, 1.82) is 0 Å². The summed E-state index contributed by atoms with van der Waals surface area (Å²) in [4.78, 5) is 23.6. The minimum Gasteiger partial charge on any atom is -0.479 e. The predicted molar refractivity (Wildman–Crippen MR) is 60.8 cm³/mol. The molecule has 7 heteroatoms. The van der Waals surface area contributed by atoms with E-state index in [9.17, 15) is 22.8 Å². The van der Waals surface area contributed by atoms with Gasteiger partial charge in [-0.05, 0) is 6.92 Å². The summed E-state index contributed by atoms with van der Waals surface area (Å²) in [5.74, 6) is -2.96. The van der Waals surface area contributed by atoms with Gasteiger partial charge in [-0.25, -0.2) is 0 Å². The quantitative estimate of drug-likeness (QED) is 0.439. The number of amides is 1. The molecule has 1 rings (SSSR count). The summed E-state index contributed by atoms with van der Waals surface area (Å²) in [6.45, 7) is 5.31. The van der Waals surface area contributed by atoms with Crippen LogP contribution >= 0.6 is 0 Å². The van der Waals surface area contributed by atoms with Crippen molar-refractivity contribution < 1.29 is 27.5 Å². The molecule has 0 aromatic carbocycles. The Morgan fingerprint density at radius 1 is 1.58 bits per heavy atom. The number of hydrogen-bond donors (Lipinski definition) is 0. The Labute approximate surface area is 108 Å². The van der Waals surface area contributed by atoms with Crippen LogP contribution in [-0.4, -0.2) is 35.9 Å². The molecular weight excluding hydrogens is 263 g/mol. The van der Waals surface area contributed by atoms with Crippen molar-refractivity contribution in [3.05, 3.63) is 24.6 Å². The van der Waals surface area contributed by atoms with E-state index in [1.807, 2.05) is 0 Å². The fraction of sp³-hybridized carbons (Fsp3) is 0.500.